The predicted octanol–water partition coefficient (Wildman–Crippen LogP) is 2.29. The molecular formula is C16H17N5O2. The number of benzene rings is 1. The molecule has 0 aliphatic carbocycles. The fourth-order valence-electron chi connectivity index (χ4n) is 2.28. The lowest BCUT2D eigenvalue weighted by Gasteiger charge is -2.07. The van der Waals surface area contributed by atoms with Crippen molar-refractivity contribution in [1.82, 2.24) is 20.4 Å². The molecule has 23 heavy (non-hydrogen) atoms. The molecule has 2 aromatic heterocycles. The molecule has 2 heterocycles. The van der Waals surface area contributed by atoms with E-state index < -0.39 is 0 Å². The van der Waals surface area contributed by atoms with Gasteiger partial charge in [0.05, 0.1) is 5.69 Å². The van der Waals surface area contributed by atoms with Crippen molar-refractivity contribution in [3.05, 3.63) is 47.4 Å². The molecule has 1 amide bonds. The van der Waals surface area contributed by atoms with Gasteiger partial charge in [-0.15, -0.1) is 0 Å². The minimum Gasteiger partial charge on any atom is -0.365 e. The molecule has 3 aromatic rings. The van der Waals surface area contributed by atoms with Crippen molar-refractivity contribution in [2.24, 2.45) is 0 Å². The van der Waals surface area contributed by atoms with E-state index in [0.717, 1.165) is 16.6 Å². The standard InChI is InChI=1S/C16H17N5O2/c1-3-17-15(22)12-6-4-11(5-7-12)8-18-14-13-10(2)21-23-16(13)20-9-19-14/h4-7,9H,3,8H2,1-2H3,(H,17,22)(H,18,19,20). The Morgan fingerprint density at radius 1 is 1.22 bits per heavy atom. The number of aromatic nitrogens is 3. The first-order valence-electron chi connectivity index (χ1n) is 7.37. The van der Waals surface area contributed by atoms with Gasteiger partial charge in [0.15, 0.2) is 0 Å². The van der Waals surface area contributed by atoms with E-state index in [2.05, 4.69) is 25.8 Å². The molecule has 0 radical (unpaired) electrons. The third-order valence-corrected chi connectivity index (χ3v) is 3.46. The fraction of sp³-hybridized carbons (Fsp3) is 0.250. The third-order valence-electron chi connectivity index (χ3n) is 3.46. The number of amides is 1. The highest BCUT2D eigenvalue weighted by molar-refractivity contribution is 5.94. The summed E-state index contributed by atoms with van der Waals surface area (Å²) in [4.78, 5) is 20.0. The van der Waals surface area contributed by atoms with Gasteiger partial charge in [-0.3, -0.25) is 4.79 Å². The van der Waals surface area contributed by atoms with Crippen LogP contribution in [0.2, 0.25) is 0 Å². The Labute approximate surface area is 133 Å². The summed E-state index contributed by atoms with van der Waals surface area (Å²) in [6.45, 7) is 4.93. The number of fused-ring (bicyclic) bond motifs is 1. The van der Waals surface area contributed by atoms with Crippen LogP contribution in [-0.2, 0) is 6.54 Å². The number of hydrogen-bond donors (Lipinski definition) is 2. The first kappa shape index (κ1) is 15.0. The van der Waals surface area contributed by atoms with Crippen molar-refractivity contribution in [3.63, 3.8) is 0 Å². The number of carbonyl (C=O) groups is 1. The van der Waals surface area contributed by atoms with E-state index in [9.17, 15) is 4.79 Å². The topological polar surface area (TPSA) is 92.9 Å². The molecule has 3 rings (SSSR count). The smallest absolute Gasteiger partial charge is 0.263 e. The largest absolute Gasteiger partial charge is 0.365 e. The van der Waals surface area contributed by atoms with Crippen LogP contribution in [0.5, 0.6) is 0 Å². The number of carbonyl (C=O) groups excluding carboxylic acids is 1. The highest BCUT2D eigenvalue weighted by Gasteiger charge is 2.11. The Kier molecular flexibility index (Phi) is 4.18. The van der Waals surface area contributed by atoms with E-state index >= 15 is 0 Å². The molecule has 0 aliphatic rings. The number of anilines is 1. The highest BCUT2D eigenvalue weighted by atomic mass is 16.5. The summed E-state index contributed by atoms with van der Waals surface area (Å²) in [5.41, 5.74) is 2.90. The number of aryl methyl sites for hydroxylation is 1. The van der Waals surface area contributed by atoms with Crippen molar-refractivity contribution in [2.75, 3.05) is 11.9 Å². The summed E-state index contributed by atoms with van der Waals surface area (Å²) >= 11 is 0. The molecule has 0 unspecified atom stereocenters. The van der Waals surface area contributed by atoms with Crippen LogP contribution in [-0.4, -0.2) is 27.6 Å². The van der Waals surface area contributed by atoms with Gasteiger partial charge in [-0.25, -0.2) is 4.98 Å². The summed E-state index contributed by atoms with van der Waals surface area (Å²) in [6.07, 6.45) is 1.44. The Balaban J connectivity index is 1.72. The van der Waals surface area contributed by atoms with Crippen molar-refractivity contribution in [3.8, 4) is 0 Å². The molecule has 2 N–H and O–H groups in total. The molecule has 0 saturated carbocycles. The molecule has 0 spiro atoms. The second-order valence-electron chi connectivity index (χ2n) is 5.08. The normalized spacial score (nSPS) is 10.7. The minimum atomic E-state index is -0.0652. The van der Waals surface area contributed by atoms with Crippen LogP contribution in [0.4, 0.5) is 5.82 Å². The fourth-order valence-corrected chi connectivity index (χ4v) is 2.28. The molecule has 0 atom stereocenters. The first-order valence-corrected chi connectivity index (χ1v) is 7.37. The second kappa shape index (κ2) is 6.43. The third kappa shape index (κ3) is 3.13. The van der Waals surface area contributed by atoms with E-state index in [-0.39, 0.29) is 5.91 Å². The molecule has 7 heteroatoms. The Morgan fingerprint density at radius 2 is 2.00 bits per heavy atom. The van der Waals surface area contributed by atoms with E-state index in [0.29, 0.717) is 30.2 Å². The molecule has 1 aromatic carbocycles. The van der Waals surface area contributed by atoms with Crippen molar-refractivity contribution < 1.29 is 9.32 Å². The number of nitrogens with zero attached hydrogens (tertiary/aromatic N) is 3. The number of rotatable bonds is 5. The monoisotopic (exact) mass is 311 g/mol. The van der Waals surface area contributed by atoms with Crippen LogP contribution in [0.15, 0.2) is 35.1 Å². The van der Waals surface area contributed by atoms with Crippen LogP contribution in [0.3, 0.4) is 0 Å². The summed E-state index contributed by atoms with van der Waals surface area (Å²) < 4.78 is 5.12. The zero-order chi connectivity index (χ0) is 16.2. The Morgan fingerprint density at radius 3 is 2.74 bits per heavy atom. The van der Waals surface area contributed by atoms with E-state index in [1.54, 1.807) is 0 Å². The van der Waals surface area contributed by atoms with Crippen molar-refractivity contribution >= 4 is 22.8 Å². The molecule has 0 fully saturated rings. The van der Waals surface area contributed by atoms with Gasteiger partial charge in [0.25, 0.3) is 11.6 Å². The summed E-state index contributed by atoms with van der Waals surface area (Å²) in [5, 5.41) is 10.7. The van der Waals surface area contributed by atoms with Crippen LogP contribution >= 0.6 is 0 Å². The molecular weight excluding hydrogens is 294 g/mol. The summed E-state index contributed by atoms with van der Waals surface area (Å²) in [5.74, 6) is 0.617. The van der Waals surface area contributed by atoms with Crippen LogP contribution in [0, 0.1) is 6.92 Å². The minimum absolute atomic E-state index is 0.0652. The van der Waals surface area contributed by atoms with Gasteiger partial charge in [0, 0.05) is 18.7 Å². The zero-order valence-corrected chi connectivity index (χ0v) is 13.0. The van der Waals surface area contributed by atoms with Gasteiger partial charge in [0.2, 0.25) is 0 Å². The molecule has 0 bridgehead atoms. The molecule has 118 valence electrons. The van der Waals surface area contributed by atoms with Gasteiger partial charge in [-0.2, -0.15) is 4.98 Å². The predicted molar refractivity (Wildman–Crippen MR) is 86.1 cm³/mol. The average Bonchev–Trinajstić information content (AvgIpc) is 2.96. The second-order valence-corrected chi connectivity index (χ2v) is 5.08. The van der Waals surface area contributed by atoms with Gasteiger partial charge < -0.3 is 15.2 Å². The van der Waals surface area contributed by atoms with Gasteiger partial charge in [0.1, 0.15) is 17.5 Å². The zero-order valence-electron chi connectivity index (χ0n) is 13.0. The van der Waals surface area contributed by atoms with E-state index in [1.165, 1.54) is 6.33 Å². The van der Waals surface area contributed by atoms with Crippen LogP contribution in [0.1, 0.15) is 28.5 Å². The summed E-state index contributed by atoms with van der Waals surface area (Å²) in [7, 11) is 0. The van der Waals surface area contributed by atoms with Gasteiger partial charge in [-0.05, 0) is 31.5 Å². The maximum Gasteiger partial charge on any atom is 0.263 e. The van der Waals surface area contributed by atoms with Crippen LogP contribution < -0.4 is 10.6 Å². The maximum atomic E-state index is 11.7. The number of nitrogens with one attached hydrogen (secondary N) is 2. The van der Waals surface area contributed by atoms with Gasteiger partial charge in [-0.1, -0.05) is 17.3 Å². The number of hydrogen-bond acceptors (Lipinski definition) is 6. The van der Waals surface area contributed by atoms with Crippen LogP contribution in [0.25, 0.3) is 11.1 Å². The lowest BCUT2D eigenvalue weighted by Crippen LogP contribution is -2.22. The molecule has 0 aliphatic heterocycles. The lowest BCUT2D eigenvalue weighted by molar-refractivity contribution is 0.0956. The Hall–Kier alpha value is -2.96. The quantitative estimate of drug-likeness (QED) is 0.751. The Bertz CT molecular complexity index is 826. The SMILES string of the molecule is CCNC(=O)c1ccc(CNc2ncnc3onc(C)c23)cc1. The molecule has 7 nitrogen and oxygen atoms in total. The van der Waals surface area contributed by atoms with E-state index in [1.807, 2.05) is 38.1 Å². The summed E-state index contributed by atoms with van der Waals surface area (Å²) in [6, 6.07) is 7.44. The lowest BCUT2D eigenvalue weighted by atomic mass is 10.1. The van der Waals surface area contributed by atoms with E-state index in [4.69, 9.17) is 4.52 Å². The maximum absolute atomic E-state index is 11.7. The van der Waals surface area contributed by atoms with Gasteiger partial charge >= 0.3 is 0 Å². The first-order chi connectivity index (χ1) is 11.2. The van der Waals surface area contributed by atoms with Crippen molar-refractivity contribution in [2.45, 2.75) is 20.4 Å². The average molecular weight is 311 g/mol. The van der Waals surface area contributed by atoms with Crippen molar-refractivity contribution in [1.29, 1.82) is 0 Å². The highest BCUT2D eigenvalue weighted by Crippen LogP contribution is 2.22. The molecule has 0 saturated heterocycles.